The predicted molar refractivity (Wildman–Crippen MR) is 73.6 cm³/mol. The summed E-state index contributed by atoms with van der Waals surface area (Å²) in [6.45, 7) is 2.05. The van der Waals surface area contributed by atoms with Gasteiger partial charge in [0.1, 0.15) is 5.82 Å². The number of benzene rings is 1. The number of hydrogen-bond donors (Lipinski definition) is 1. The lowest BCUT2D eigenvalue weighted by atomic mass is 10.1. The molecule has 1 aromatic carbocycles. The molecule has 1 heterocycles. The Morgan fingerprint density at radius 1 is 1.48 bits per heavy atom. The molecular weight excluding hydrogens is 277 g/mol. The first-order valence-electron chi connectivity index (χ1n) is 6.74. The van der Waals surface area contributed by atoms with Gasteiger partial charge in [0.25, 0.3) is 5.91 Å². The number of carboxylic acid groups (broad SMARTS) is 1. The smallest absolute Gasteiger partial charge is 0.305 e. The third-order valence-corrected chi connectivity index (χ3v) is 3.81. The van der Waals surface area contributed by atoms with Crippen molar-refractivity contribution in [2.45, 2.75) is 31.9 Å². The molecule has 21 heavy (non-hydrogen) atoms. The van der Waals surface area contributed by atoms with Crippen molar-refractivity contribution < 1.29 is 23.8 Å². The average molecular weight is 295 g/mol. The first kappa shape index (κ1) is 15.4. The molecule has 2 unspecified atom stereocenters. The highest BCUT2D eigenvalue weighted by Crippen LogP contribution is 2.26. The van der Waals surface area contributed by atoms with Crippen LogP contribution < -0.4 is 0 Å². The van der Waals surface area contributed by atoms with Gasteiger partial charge in [-0.1, -0.05) is 6.07 Å². The molecule has 0 spiro atoms. The second kappa shape index (κ2) is 6.22. The number of rotatable bonds is 4. The maximum absolute atomic E-state index is 13.4. The summed E-state index contributed by atoms with van der Waals surface area (Å²) in [7, 11) is 1.53. The number of amides is 1. The Bertz CT molecular complexity index is 561. The summed E-state index contributed by atoms with van der Waals surface area (Å²) in [5.41, 5.74) is 0.929. The lowest BCUT2D eigenvalue weighted by molar-refractivity contribution is -0.137. The van der Waals surface area contributed by atoms with E-state index in [1.54, 1.807) is 13.0 Å². The molecule has 0 aromatic heterocycles. The van der Waals surface area contributed by atoms with Gasteiger partial charge in [0.05, 0.1) is 12.5 Å². The summed E-state index contributed by atoms with van der Waals surface area (Å²) < 4.78 is 18.6. The Labute approximate surface area is 122 Å². The van der Waals surface area contributed by atoms with Crippen molar-refractivity contribution in [1.82, 2.24) is 4.90 Å². The van der Waals surface area contributed by atoms with E-state index >= 15 is 0 Å². The Hall–Kier alpha value is -1.95. The van der Waals surface area contributed by atoms with Crippen LogP contribution in [0.15, 0.2) is 18.2 Å². The molecule has 114 valence electrons. The van der Waals surface area contributed by atoms with Gasteiger partial charge in [-0.25, -0.2) is 4.39 Å². The molecule has 0 aliphatic carbocycles. The summed E-state index contributed by atoms with van der Waals surface area (Å²) in [5, 5.41) is 8.96. The number of nitrogens with zero attached hydrogens (tertiary/aromatic N) is 1. The number of aryl methyl sites for hydroxylation is 1. The first-order valence-corrected chi connectivity index (χ1v) is 6.74. The fourth-order valence-corrected chi connectivity index (χ4v) is 2.67. The van der Waals surface area contributed by atoms with Gasteiger partial charge in [-0.15, -0.1) is 0 Å². The molecule has 1 N–H and O–H groups in total. The normalized spacial score (nSPS) is 21.6. The molecule has 1 fully saturated rings. The molecule has 0 radical (unpaired) electrons. The summed E-state index contributed by atoms with van der Waals surface area (Å²) in [6.07, 6.45) is 0.148. The Balaban J connectivity index is 2.26. The number of ether oxygens (including phenoxy) is 1. The average Bonchev–Trinajstić information content (AvgIpc) is 2.83. The van der Waals surface area contributed by atoms with Crippen LogP contribution in [0.1, 0.15) is 28.8 Å². The van der Waals surface area contributed by atoms with Crippen molar-refractivity contribution in [2.24, 2.45) is 0 Å². The zero-order valence-corrected chi connectivity index (χ0v) is 12.0. The largest absolute Gasteiger partial charge is 0.481 e. The number of carboxylic acids is 1. The minimum Gasteiger partial charge on any atom is -0.481 e. The van der Waals surface area contributed by atoms with Crippen LogP contribution in [0.25, 0.3) is 0 Å². The van der Waals surface area contributed by atoms with Gasteiger partial charge in [-0.05, 0) is 31.0 Å². The fourth-order valence-electron chi connectivity index (χ4n) is 2.67. The second-order valence-corrected chi connectivity index (χ2v) is 5.26. The van der Waals surface area contributed by atoms with E-state index in [1.165, 1.54) is 24.1 Å². The van der Waals surface area contributed by atoms with Gasteiger partial charge in [0.15, 0.2) is 0 Å². The highest BCUT2D eigenvalue weighted by Gasteiger charge is 2.37. The molecule has 1 aromatic rings. The lowest BCUT2D eigenvalue weighted by Gasteiger charge is -2.24. The molecule has 1 aliphatic rings. The summed E-state index contributed by atoms with van der Waals surface area (Å²) in [6, 6.07) is 3.60. The molecule has 0 saturated carbocycles. The highest BCUT2D eigenvalue weighted by molar-refractivity contribution is 5.96. The first-order chi connectivity index (χ1) is 9.92. The number of methoxy groups -OCH3 is 1. The maximum atomic E-state index is 13.4. The SMILES string of the molecule is COC1CC(CC(=O)O)N(C(=O)c2cc(F)ccc2C)C1. The lowest BCUT2D eigenvalue weighted by Crippen LogP contribution is -2.37. The third kappa shape index (κ3) is 3.39. The van der Waals surface area contributed by atoms with Gasteiger partial charge in [-0.3, -0.25) is 9.59 Å². The zero-order chi connectivity index (χ0) is 15.6. The van der Waals surface area contributed by atoms with Crippen LogP contribution in [0.4, 0.5) is 4.39 Å². The molecule has 1 amide bonds. The zero-order valence-electron chi connectivity index (χ0n) is 12.0. The number of hydrogen-bond acceptors (Lipinski definition) is 3. The van der Waals surface area contributed by atoms with Crippen LogP contribution in [0, 0.1) is 12.7 Å². The van der Waals surface area contributed by atoms with Crippen molar-refractivity contribution in [3.63, 3.8) is 0 Å². The number of halogens is 1. The maximum Gasteiger partial charge on any atom is 0.305 e. The fraction of sp³-hybridized carbons (Fsp3) is 0.467. The number of carbonyl (C=O) groups excluding carboxylic acids is 1. The molecule has 1 aliphatic heterocycles. The van der Waals surface area contributed by atoms with E-state index in [-0.39, 0.29) is 24.0 Å². The van der Waals surface area contributed by atoms with Crippen molar-refractivity contribution >= 4 is 11.9 Å². The monoisotopic (exact) mass is 295 g/mol. The molecule has 2 rings (SSSR count). The summed E-state index contributed by atoms with van der Waals surface area (Å²) >= 11 is 0. The predicted octanol–water partition coefficient (Wildman–Crippen LogP) is 1.84. The Kier molecular flexibility index (Phi) is 4.57. The standard InChI is InChI=1S/C15H18FNO4/c1-9-3-4-10(16)5-13(9)15(20)17-8-12(21-2)6-11(17)7-14(18)19/h3-5,11-12H,6-8H2,1-2H3,(H,18,19). The van der Waals surface area contributed by atoms with Crippen LogP contribution in [0.2, 0.25) is 0 Å². The van der Waals surface area contributed by atoms with Gasteiger partial charge in [0, 0.05) is 25.3 Å². The van der Waals surface area contributed by atoms with Gasteiger partial charge in [0.2, 0.25) is 0 Å². The van der Waals surface area contributed by atoms with Crippen LogP contribution in [0.3, 0.4) is 0 Å². The van der Waals surface area contributed by atoms with E-state index in [4.69, 9.17) is 9.84 Å². The van der Waals surface area contributed by atoms with Gasteiger partial charge < -0.3 is 14.7 Å². The molecule has 5 nitrogen and oxygen atoms in total. The number of likely N-dealkylation sites (tertiary alicyclic amines) is 1. The molecule has 1 saturated heterocycles. The highest BCUT2D eigenvalue weighted by atomic mass is 19.1. The van der Waals surface area contributed by atoms with Crippen LogP contribution in [0.5, 0.6) is 0 Å². The topological polar surface area (TPSA) is 66.8 Å². The van der Waals surface area contributed by atoms with Gasteiger partial charge >= 0.3 is 5.97 Å². The molecule has 2 atom stereocenters. The van der Waals surface area contributed by atoms with Crippen LogP contribution >= 0.6 is 0 Å². The number of carbonyl (C=O) groups is 2. The van der Waals surface area contributed by atoms with Crippen LogP contribution in [-0.4, -0.2) is 47.7 Å². The van der Waals surface area contributed by atoms with Crippen molar-refractivity contribution in [2.75, 3.05) is 13.7 Å². The second-order valence-electron chi connectivity index (χ2n) is 5.26. The Morgan fingerprint density at radius 2 is 2.19 bits per heavy atom. The van der Waals surface area contributed by atoms with Crippen molar-refractivity contribution in [3.05, 3.63) is 35.1 Å². The van der Waals surface area contributed by atoms with Crippen molar-refractivity contribution in [3.8, 4) is 0 Å². The van der Waals surface area contributed by atoms with E-state index in [0.29, 0.717) is 18.5 Å². The van der Waals surface area contributed by atoms with E-state index in [2.05, 4.69) is 0 Å². The minimum atomic E-state index is -0.967. The third-order valence-electron chi connectivity index (χ3n) is 3.81. The summed E-state index contributed by atoms with van der Waals surface area (Å²) in [5.74, 6) is -1.80. The van der Waals surface area contributed by atoms with E-state index < -0.39 is 17.8 Å². The van der Waals surface area contributed by atoms with E-state index in [9.17, 15) is 14.0 Å². The number of aliphatic carboxylic acids is 1. The van der Waals surface area contributed by atoms with E-state index in [0.717, 1.165) is 0 Å². The van der Waals surface area contributed by atoms with E-state index in [1.807, 2.05) is 0 Å². The molecular formula is C15H18FNO4. The van der Waals surface area contributed by atoms with Gasteiger partial charge in [-0.2, -0.15) is 0 Å². The van der Waals surface area contributed by atoms with Crippen molar-refractivity contribution in [1.29, 1.82) is 0 Å². The molecule has 6 heteroatoms. The quantitative estimate of drug-likeness (QED) is 0.920. The molecule has 0 bridgehead atoms. The minimum absolute atomic E-state index is 0.139. The summed E-state index contributed by atoms with van der Waals surface area (Å²) in [4.78, 5) is 25.0. The Morgan fingerprint density at radius 3 is 2.81 bits per heavy atom. The van der Waals surface area contributed by atoms with Crippen LogP contribution in [-0.2, 0) is 9.53 Å².